The van der Waals surface area contributed by atoms with Gasteiger partial charge in [0.05, 0.1) is 21.2 Å². The second-order valence-electron chi connectivity index (χ2n) is 7.09. The summed E-state index contributed by atoms with van der Waals surface area (Å²) in [6, 6.07) is 14.6. The van der Waals surface area contributed by atoms with E-state index in [1.807, 2.05) is 37.3 Å². The summed E-state index contributed by atoms with van der Waals surface area (Å²) in [6.45, 7) is 3.97. The van der Waals surface area contributed by atoms with Crippen molar-refractivity contribution in [2.75, 3.05) is 25.2 Å². The Balaban J connectivity index is 1.76. The predicted octanol–water partition coefficient (Wildman–Crippen LogP) is 4.09. The molecule has 0 atom stereocenters. The number of aryl methyl sites for hydroxylation is 2. The third-order valence-corrected chi connectivity index (χ3v) is 7.49. The number of carbonyl (C=O) groups excluding carboxylic acids is 1. The number of pyridine rings is 1. The van der Waals surface area contributed by atoms with E-state index in [1.54, 1.807) is 18.2 Å². The molecule has 0 radical (unpaired) electrons. The molecule has 30 heavy (non-hydrogen) atoms. The molecule has 158 valence electrons. The molecule has 1 heterocycles. The second-order valence-corrected chi connectivity index (χ2v) is 10.2. The molecule has 3 aromatic rings. The number of nitrogens with zero attached hydrogens (tertiary/aromatic N) is 2. The monoisotopic (exact) mass is 443 g/mol. The largest absolute Gasteiger partial charge is 0.325 e. The molecule has 0 saturated heterocycles. The standard InChI is InChI=1S/C22H25N3O3S2/c1-5-16-8-6-7-9-19(16)23-21(26)14-29-22-12-15(2)18-13-17(10-11-20(18)24-22)30(27,28)25(3)4/h6-13H,5,14H2,1-4H3,(H,23,26). The first kappa shape index (κ1) is 22.3. The van der Waals surface area contributed by atoms with Gasteiger partial charge in [-0.15, -0.1) is 0 Å². The Bertz CT molecular complexity index is 1190. The van der Waals surface area contributed by atoms with Crippen LogP contribution in [0.15, 0.2) is 58.5 Å². The molecule has 0 aliphatic rings. The van der Waals surface area contributed by atoms with Gasteiger partial charge in [-0.2, -0.15) is 0 Å². The van der Waals surface area contributed by atoms with Gasteiger partial charge in [-0.25, -0.2) is 17.7 Å². The van der Waals surface area contributed by atoms with Gasteiger partial charge in [-0.3, -0.25) is 4.79 Å². The molecule has 0 spiro atoms. The SMILES string of the molecule is CCc1ccccc1NC(=O)CSc1cc(C)c2cc(S(=O)(=O)N(C)C)ccc2n1. The van der Waals surface area contributed by atoms with Crippen LogP contribution in [0.1, 0.15) is 18.1 Å². The smallest absolute Gasteiger partial charge is 0.242 e. The summed E-state index contributed by atoms with van der Waals surface area (Å²) in [7, 11) is -0.488. The summed E-state index contributed by atoms with van der Waals surface area (Å²) >= 11 is 1.36. The maximum atomic E-state index is 12.4. The Morgan fingerprint density at radius 3 is 2.57 bits per heavy atom. The molecule has 0 aliphatic heterocycles. The molecule has 1 N–H and O–H groups in total. The van der Waals surface area contributed by atoms with E-state index in [4.69, 9.17) is 0 Å². The molecule has 0 fully saturated rings. The highest BCUT2D eigenvalue weighted by Crippen LogP contribution is 2.27. The molecule has 0 aliphatic carbocycles. The molecule has 0 saturated carbocycles. The van der Waals surface area contributed by atoms with Crippen molar-refractivity contribution in [3.63, 3.8) is 0 Å². The zero-order valence-corrected chi connectivity index (χ0v) is 19.1. The zero-order valence-electron chi connectivity index (χ0n) is 17.5. The molecule has 1 amide bonds. The Labute approximate surface area is 181 Å². The summed E-state index contributed by atoms with van der Waals surface area (Å²) in [5, 5.41) is 4.46. The van der Waals surface area contributed by atoms with Crippen LogP contribution >= 0.6 is 11.8 Å². The summed E-state index contributed by atoms with van der Waals surface area (Å²) in [4.78, 5) is 17.2. The number of rotatable bonds is 7. The quantitative estimate of drug-likeness (QED) is 0.557. The van der Waals surface area contributed by atoms with Crippen molar-refractivity contribution in [3.8, 4) is 0 Å². The number of carbonyl (C=O) groups is 1. The van der Waals surface area contributed by atoms with Crippen LogP contribution in [0, 0.1) is 6.92 Å². The normalized spacial score (nSPS) is 11.8. The van der Waals surface area contributed by atoms with Gasteiger partial charge < -0.3 is 5.32 Å². The van der Waals surface area contributed by atoms with Crippen LogP contribution in [0.2, 0.25) is 0 Å². The van der Waals surface area contributed by atoms with E-state index in [0.29, 0.717) is 5.52 Å². The van der Waals surface area contributed by atoms with E-state index in [-0.39, 0.29) is 16.6 Å². The molecule has 1 aromatic heterocycles. The third-order valence-electron chi connectivity index (χ3n) is 4.77. The Morgan fingerprint density at radius 2 is 1.87 bits per heavy atom. The van der Waals surface area contributed by atoms with Crippen molar-refractivity contribution in [2.45, 2.75) is 30.2 Å². The first-order chi connectivity index (χ1) is 14.2. The highest BCUT2D eigenvalue weighted by Gasteiger charge is 2.18. The molecule has 8 heteroatoms. The Morgan fingerprint density at radius 1 is 1.13 bits per heavy atom. The van der Waals surface area contributed by atoms with Crippen molar-refractivity contribution in [3.05, 3.63) is 59.7 Å². The zero-order chi connectivity index (χ0) is 21.9. The van der Waals surface area contributed by atoms with Crippen molar-refractivity contribution >= 4 is 44.3 Å². The summed E-state index contributed by atoms with van der Waals surface area (Å²) in [6.07, 6.45) is 0.848. The number of amides is 1. The number of thioether (sulfide) groups is 1. The highest BCUT2D eigenvalue weighted by atomic mass is 32.2. The number of sulfonamides is 1. The maximum Gasteiger partial charge on any atom is 0.242 e. The van der Waals surface area contributed by atoms with Gasteiger partial charge in [-0.05, 0) is 54.8 Å². The molecule has 0 unspecified atom stereocenters. The van der Waals surface area contributed by atoms with E-state index >= 15 is 0 Å². The fourth-order valence-corrected chi connectivity index (χ4v) is 4.77. The number of aromatic nitrogens is 1. The van der Waals surface area contributed by atoms with Gasteiger partial charge >= 0.3 is 0 Å². The Kier molecular flexibility index (Phi) is 6.80. The van der Waals surface area contributed by atoms with E-state index < -0.39 is 10.0 Å². The maximum absolute atomic E-state index is 12.4. The van der Waals surface area contributed by atoms with Crippen molar-refractivity contribution in [1.82, 2.24) is 9.29 Å². The number of benzene rings is 2. The first-order valence-corrected chi connectivity index (χ1v) is 12.0. The lowest BCUT2D eigenvalue weighted by Gasteiger charge is -2.13. The number of para-hydroxylation sites is 1. The van der Waals surface area contributed by atoms with Crippen LogP contribution < -0.4 is 5.32 Å². The van der Waals surface area contributed by atoms with Gasteiger partial charge in [-0.1, -0.05) is 36.9 Å². The molecule has 2 aromatic carbocycles. The van der Waals surface area contributed by atoms with E-state index in [9.17, 15) is 13.2 Å². The van der Waals surface area contributed by atoms with E-state index in [1.165, 1.54) is 30.2 Å². The van der Waals surface area contributed by atoms with Crippen LogP contribution in [0.25, 0.3) is 10.9 Å². The van der Waals surface area contributed by atoms with Crippen LogP contribution in [0.4, 0.5) is 5.69 Å². The minimum atomic E-state index is -3.50. The predicted molar refractivity (Wildman–Crippen MR) is 123 cm³/mol. The van der Waals surface area contributed by atoms with Gasteiger partial charge in [0.15, 0.2) is 0 Å². The average molecular weight is 444 g/mol. The number of hydrogen-bond acceptors (Lipinski definition) is 5. The first-order valence-electron chi connectivity index (χ1n) is 9.57. The molecule has 6 nitrogen and oxygen atoms in total. The summed E-state index contributed by atoms with van der Waals surface area (Å²) < 4.78 is 26.0. The fraction of sp³-hybridized carbons (Fsp3) is 0.273. The minimum absolute atomic E-state index is 0.0899. The summed E-state index contributed by atoms with van der Waals surface area (Å²) in [5.41, 5.74) is 3.55. The van der Waals surface area contributed by atoms with Crippen molar-refractivity contribution in [1.29, 1.82) is 0 Å². The topological polar surface area (TPSA) is 79.4 Å². The number of fused-ring (bicyclic) bond motifs is 1. The molecule has 3 rings (SSSR count). The highest BCUT2D eigenvalue weighted by molar-refractivity contribution is 7.99. The van der Waals surface area contributed by atoms with Crippen LogP contribution in [-0.2, 0) is 21.2 Å². The van der Waals surface area contributed by atoms with Gasteiger partial charge in [0.25, 0.3) is 0 Å². The van der Waals surface area contributed by atoms with E-state index in [0.717, 1.165) is 33.6 Å². The van der Waals surface area contributed by atoms with Gasteiger partial charge in [0.1, 0.15) is 0 Å². The average Bonchev–Trinajstić information content (AvgIpc) is 2.72. The molecular weight excluding hydrogens is 418 g/mol. The van der Waals surface area contributed by atoms with Crippen molar-refractivity contribution in [2.24, 2.45) is 0 Å². The Hall–Kier alpha value is -2.42. The van der Waals surface area contributed by atoms with E-state index in [2.05, 4.69) is 17.2 Å². The van der Waals surface area contributed by atoms with Crippen LogP contribution in [0.5, 0.6) is 0 Å². The summed E-state index contributed by atoms with van der Waals surface area (Å²) in [5.74, 6) is 0.149. The van der Waals surface area contributed by atoms with Crippen molar-refractivity contribution < 1.29 is 13.2 Å². The fourth-order valence-electron chi connectivity index (χ4n) is 3.06. The molecular formula is C22H25N3O3S2. The molecule has 0 bridgehead atoms. The van der Waals surface area contributed by atoms with Gasteiger partial charge in [0, 0.05) is 25.2 Å². The van der Waals surface area contributed by atoms with Gasteiger partial charge in [0.2, 0.25) is 15.9 Å². The van der Waals surface area contributed by atoms with Crippen LogP contribution in [-0.4, -0.2) is 43.5 Å². The minimum Gasteiger partial charge on any atom is -0.325 e. The number of hydrogen-bond donors (Lipinski definition) is 1. The third kappa shape index (κ3) is 4.83. The lowest BCUT2D eigenvalue weighted by molar-refractivity contribution is -0.113. The number of anilines is 1. The lowest BCUT2D eigenvalue weighted by atomic mass is 10.1. The van der Waals surface area contributed by atoms with Crippen LogP contribution in [0.3, 0.4) is 0 Å². The number of nitrogens with one attached hydrogen (secondary N) is 1. The lowest BCUT2D eigenvalue weighted by Crippen LogP contribution is -2.22. The second kappa shape index (κ2) is 9.16.